The molecule has 1 unspecified atom stereocenters. The van der Waals surface area contributed by atoms with Gasteiger partial charge in [0.1, 0.15) is 6.10 Å². The van der Waals surface area contributed by atoms with Crippen LogP contribution in [-0.4, -0.2) is 11.2 Å². The Hall–Kier alpha value is -1.52. The first-order chi connectivity index (χ1) is 7.06. The second-order valence-electron chi connectivity index (χ2n) is 3.94. The molecule has 0 aliphatic heterocycles. The summed E-state index contributed by atoms with van der Waals surface area (Å²) >= 11 is 0. The number of benzene rings is 1. The maximum absolute atomic E-state index is 9.28. The average molecular weight is 200 g/mol. The molecule has 0 saturated carbocycles. The van der Waals surface area contributed by atoms with Gasteiger partial charge in [0, 0.05) is 0 Å². The second kappa shape index (κ2) is 4.82. The lowest BCUT2D eigenvalue weighted by molar-refractivity contribution is 0.280. The van der Waals surface area contributed by atoms with Crippen LogP contribution in [0.25, 0.3) is 0 Å². The molecule has 0 aliphatic rings. The molecule has 15 heavy (non-hydrogen) atoms. The molecule has 1 atom stereocenters. The molecular weight excluding hydrogens is 184 g/mol. The zero-order chi connectivity index (χ0) is 11.3. The van der Waals surface area contributed by atoms with Crippen LogP contribution in [-0.2, 0) is 5.41 Å². The first-order valence-electron chi connectivity index (χ1n) is 4.95. The molecule has 0 bridgehead atoms. The quantitative estimate of drug-likeness (QED) is 0.574. The first-order valence-corrected chi connectivity index (χ1v) is 4.95. The lowest BCUT2D eigenvalue weighted by Crippen LogP contribution is -2.14. The van der Waals surface area contributed by atoms with E-state index < -0.39 is 6.10 Å². The fourth-order valence-corrected chi connectivity index (χ4v) is 1.24. The van der Waals surface area contributed by atoms with Crippen LogP contribution in [0.1, 0.15) is 19.4 Å². The Balaban J connectivity index is 2.92. The molecule has 0 spiro atoms. The molecule has 0 radical (unpaired) electrons. The Bertz CT molecular complexity index is 379. The van der Waals surface area contributed by atoms with Crippen LogP contribution in [0.3, 0.4) is 0 Å². The lowest BCUT2D eigenvalue weighted by Gasteiger charge is -2.17. The molecule has 0 aliphatic carbocycles. The van der Waals surface area contributed by atoms with E-state index in [-0.39, 0.29) is 5.41 Å². The highest BCUT2D eigenvalue weighted by Gasteiger charge is 2.16. The van der Waals surface area contributed by atoms with E-state index in [1.165, 1.54) is 6.08 Å². The van der Waals surface area contributed by atoms with E-state index in [1.54, 1.807) is 0 Å². The monoisotopic (exact) mass is 200 g/mol. The van der Waals surface area contributed by atoms with Gasteiger partial charge in [-0.05, 0) is 19.4 Å². The highest BCUT2D eigenvalue weighted by atomic mass is 16.3. The maximum atomic E-state index is 9.28. The van der Waals surface area contributed by atoms with Crippen molar-refractivity contribution in [2.24, 2.45) is 0 Å². The third-order valence-corrected chi connectivity index (χ3v) is 2.25. The third-order valence-electron chi connectivity index (χ3n) is 2.25. The smallest absolute Gasteiger partial charge is 0.133 e. The van der Waals surface area contributed by atoms with E-state index in [9.17, 15) is 5.11 Å². The summed E-state index contributed by atoms with van der Waals surface area (Å²) in [6.45, 7) is 7.55. The van der Waals surface area contributed by atoms with E-state index in [0.29, 0.717) is 0 Å². The van der Waals surface area contributed by atoms with Crippen molar-refractivity contribution in [3.8, 4) is 11.8 Å². The topological polar surface area (TPSA) is 20.2 Å². The fourth-order valence-electron chi connectivity index (χ4n) is 1.24. The van der Waals surface area contributed by atoms with Crippen molar-refractivity contribution < 1.29 is 5.11 Å². The van der Waals surface area contributed by atoms with Crippen molar-refractivity contribution in [2.75, 3.05) is 0 Å². The van der Waals surface area contributed by atoms with Crippen molar-refractivity contribution in [3.63, 3.8) is 0 Å². The van der Waals surface area contributed by atoms with Gasteiger partial charge in [0.05, 0.1) is 5.41 Å². The molecule has 1 heteroatoms. The normalized spacial score (nSPS) is 12.5. The molecule has 0 saturated heterocycles. The summed E-state index contributed by atoms with van der Waals surface area (Å²) in [5, 5.41) is 9.28. The standard InChI is InChI=1S/C14H16O/c1-4-13(15)10-11-14(2,3)12-8-6-5-7-9-12/h4-9,13,15H,1H2,2-3H3. The highest BCUT2D eigenvalue weighted by Crippen LogP contribution is 2.21. The van der Waals surface area contributed by atoms with Gasteiger partial charge in [-0.15, -0.1) is 0 Å². The summed E-state index contributed by atoms with van der Waals surface area (Å²) in [4.78, 5) is 0. The van der Waals surface area contributed by atoms with Gasteiger partial charge in [-0.2, -0.15) is 0 Å². The molecule has 0 heterocycles. The molecule has 78 valence electrons. The molecule has 1 aromatic rings. The first kappa shape index (κ1) is 11.6. The van der Waals surface area contributed by atoms with Crippen LogP contribution in [0, 0.1) is 11.8 Å². The summed E-state index contributed by atoms with van der Waals surface area (Å²) in [6.07, 6.45) is 0.682. The van der Waals surface area contributed by atoms with E-state index in [4.69, 9.17) is 0 Å². The van der Waals surface area contributed by atoms with E-state index in [0.717, 1.165) is 5.56 Å². The van der Waals surface area contributed by atoms with Gasteiger partial charge in [-0.1, -0.05) is 54.8 Å². The Labute approximate surface area is 91.5 Å². The predicted octanol–water partition coefficient (Wildman–Crippen LogP) is 2.51. The van der Waals surface area contributed by atoms with Crippen LogP contribution >= 0.6 is 0 Å². The SMILES string of the molecule is C=CC(O)C#CC(C)(C)c1ccccc1. The van der Waals surface area contributed by atoms with Crippen molar-refractivity contribution >= 4 is 0 Å². The molecule has 1 N–H and O–H groups in total. The summed E-state index contributed by atoms with van der Waals surface area (Å²) < 4.78 is 0. The average Bonchev–Trinajstić information content (AvgIpc) is 2.27. The van der Waals surface area contributed by atoms with Gasteiger partial charge < -0.3 is 5.11 Å². The lowest BCUT2D eigenvalue weighted by atomic mass is 9.85. The Kier molecular flexibility index (Phi) is 3.71. The number of aliphatic hydroxyl groups excluding tert-OH is 1. The second-order valence-corrected chi connectivity index (χ2v) is 3.94. The zero-order valence-electron chi connectivity index (χ0n) is 9.20. The van der Waals surface area contributed by atoms with E-state index >= 15 is 0 Å². The van der Waals surface area contributed by atoms with Crippen LogP contribution < -0.4 is 0 Å². The fraction of sp³-hybridized carbons (Fsp3) is 0.286. The Morgan fingerprint density at radius 1 is 1.33 bits per heavy atom. The Morgan fingerprint density at radius 3 is 2.47 bits per heavy atom. The molecular formula is C14H16O. The van der Waals surface area contributed by atoms with Crippen molar-refractivity contribution in [1.82, 2.24) is 0 Å². The number of hydrogen-bond donors (Lipinski definition) is 1. The van der Waals surface area contributed by atoms with Gasteiger partial charge >= 0.3 is 0 Å². The molecule has 1 aromatic carbocycles. The van der Waals surface area contributed by atoms with Crippen LogP contribution in [0.2, 0.25) is 0 Å². The molecule has 0 aromatic heterocycles. The third kappa shape index (κ3) is 3.27. The van der Waals surface area contributed by atoms with Gasteiger partial charge in [0.2, 0.25) is 0 Å². The molecule has 0 fully saturated rings. The van der Waals surface area contributed by atoms with Gasteiger partial charge in [0.25, 0.3) is 0 Å². The summed E-state index contributed by atoms with van der Waals surface area (Å²) in [5.74, 6) is 5.81. The zero-order valence-corrected chi connectivity index (χ0v) is 9.20. The minimum absolute atomic E-state index is 0.245. The van der Waals surface area contributed by atoms with Gasteiger partial charge in [-0.25, -0.2) is 0 Å². The Morgan fingerprint density at radius 2 is 1.93 bits per heavy atom. The number of rotatable bonds is 2. The summed E-state index contributed by atoms with van der Waals surface area (Å²) in [7, 11) is 0. The maximum Gasteiger partial charge on any atom is 0.133 e. The van der Waals surface area contributed by atoms with E-state index in [2.05, 4.69) is 18.4 Å². The summed E-state index contributed by atoms with van der Waals surface area (Å²) in [5.41, 5.74) is 0.902. The van der Waals surface area contributed by atoms with E-state index in [1.807, 2.05) is 44.2 Å². The molecule has 0 amide bonds. The van der Waals surface area contributed by atoms with Crippen molar-refractivity contribution in [1.29, 1.82) is 0 Å². The number of hydrogen-bond acceptors (Lipinski definition) is 1. The van der Waals surface area contributed by atoms with Gasteiger partial charge in [0.15, 0.2) is 0 Å². The van der Waals surface area contributed by atoms with Crippen LogP contribution in [0.5, 0.6) is 0 Å². The number of aliphatic hydroxyl groups is 1. The van der Waals surface area contributed by atoms with Crippen LogP contribution in [0.4, 0.5) is 0 Å². The highest BCUT2D eigenvalue weighted by molar-refractivity contribution is 5.34. The minimum atomic E-state index is -0.743. The molecule has 1 nitrogen and oxygen atoms in total. The predicted molar refractivity (Wildman–Crippen MR) is 63.4 cm³/mol. The van der Waals surface area contributed by atoms with Crippen molar-refractivity contribution in [2.45, 2.75) is 25.4 Å². The minimum Gasteiger partial charge on any atom is -0.377 e. The summed E-state index contributed by atoms with van der Waals surface area (Å²) in [6, 6.07) is 10.0. The largest absolute Gasteiger partial charge is 0.377 e. The molecule has 1 rings (SSSR count). The van der Waals surface area contributed by atoms with Gasteiger partial charge in [-0.3, -0.25) is 0 Å². The van der Waals surface area contributed by atoms with Crippen LogP contribution in [0.15, 0.2) is 43.0 Å². The van der Waals surface area contributed by atoms with Crippen molar-refractivity contribution in [3.05, 3.63) is 48.6 Å².